The molecule has 4 rings (SSSR count). The molecule has 2 heterocycles. The number of nitriles is 1. The Labute approximate surface area is 226 Å². The maximum Gasteiger partial charge on any atom is 0.411 e. The number of halogens is 2. The fourth-order valence-corrected chi connectivity index (χ4v) is 4.24. The van der Waals surface area contributed by atoms with Gasteiger partial charge in [0.2, 0.25) is 5.71 Å². The van der Waals surface area contributed by atoms with Gasteiger partial charge >= 0.3 is 6.09 Å². The molecule has 0 saturated carbocycles. The monoisotopic (exact) mass is 552 g/mol. The Hall–Kier alpha value is -4.66. The topological polar surface area (TPSA) is 157 Å². The first-order chi connectivity index (χ1) is 18.2. The molecule has 0 aliphatic carbocycles. The maximum absolute atomic E-state index is 13.0. The number of imide groups is 1. The minimum atomic E-state index is -1.63. The summed E-state index contributed by atoms with van der Waals surface area (Å²) in [5.74, 6) is -0.696. The van der Waals surface area contributed by atoms with Crippen LogP contribution < -0.4 is 15.5 Å². The Kier molecular flexibility index (Phi) is 8.06. The molecule has 0 bridgehead atoms. The van der Waals surface area contributed by atoms with Gasteiger partial charge in [0.15, 0.2) is 5.75 Å². The summed E-state index contributed by atoms with van der Waals surface area (Å²) in [6.45, 7) is 1.05. The van der Waals surface area contributed by atoms with E-state index in [0.717, 1.165) is 11.1 Å². The lowest BCUT2D eigenvalue weighted by atomic mass is 9.98. The maximum atomic E-state index is 13.0. The number of rotatable bonds is 7. The highest BCUT2D eigenvalue weighted by Crippen LogP contribution is 2.39. The average Bonchev–Trinajstić information content (AvgIpc) is 2.88. The minimum Gasteiger partial charge on any atom is -0.465 e. The van der Waals surface area contributed by atoms with Crippen LogP contribution in [0.4, 0.5) is 10.5 Å². The van der Waals surface area contributed by atoms with Crippen LogP contribution >= 0.6 is 23.2 Å². The average molecular weight is 553 g/mol. The number of ether oxygens (including phenoxy) is 1. The van der Waals surface area contributed by atoms with Crippen LogP contribution in [0.5, 0.6) is 11.5 Å². The lowest BCUT2D eigenvalue weighted by Crippen LogP contribution is -2.37. The molecule has 13 heteroatoms. The van der Waals surface area contributed by atoms with Crippen LogP contribution in [0, 0.1) is 11.3 Å². The summed E-state index contributed by atoms with van der Waals surface area (Å²) in [5, 5.41) is 22.9. The molecule has 0 unspecified atom stereocenters. The van der Waals surface area contributed by atoms with Crippen LogP contribution in [-0.2, 0) is 17.8 Å². The number of aromatic nitrogens is 1. The molecule has 2 aromatic carbocycles. The number of benzene rings is 2. The van der Waals surface area contributed by atoms with Gasteiger partial charge in [0, 0.05) is 31.0 Å². The SMILES string of the molecule is N#CC(=NNc1cc(Cl)c(Oc2ccc3c(c2)CCN(Cc2ccncc2)C3=O)c(Cl)c1)C(=O)NC(=O)O. The Morgan fingerprint density at radius 2 is 1.87 bits per heavy atom. The van der Waals surface area contributed by atoms with Crippen molar-refractivity contribution in [3.8, 4) is 17.6 Å². The largest absolute Gasteiger partial charge is 0.465 e. The minimum absolute atomic E-state index is 0.0737. The molecule has 3 aromatic rings. The van der Waals surface area contributed by atoms with Gasteiger partial charge in [-0.3, -0.25) is 25.3 Å². The first kappa shape index (κ1) is 26.4. The Morgan fingerprint density at radius 1 is 1.16 bits per heavy atom. The number of carbonyl (C=O) groups is 3. The highest BCUT2D eigenvalue weighted by Gasteiger charge is 2.25. The van der Waals surface area contributed by atoms with Gasteiger partial charge in [-0.25, -0.2) is 4.79 Å². The van der Waals surface area contributed by atoms with E-state index in [2.05, 4.69) is 15.5 Å². The summed E-state index contributed by atoms with van der Waals surface area (Å²) in [5.41, 5.74) is 4.35. The number of nitrogens with zero attached hydrogens (tertiary/aromatic N) is 4. The second kappa shape index (κ2) is 11.6. The molecule has 1 aliphatic rings. The standard InChI is InChI=1S/C25H18Cl2N6O5/c26-19-10-16(31-32-21(12-28)23(34)30-25(36)37)11-20(27)22(19)38-17-1-2-18-15(9-17)5-8-33(24(18)35)13-14-3-6-29-7-4-14/h1-4,6-7,9-11,31H,5,8,13H2,(H,30,34)(H,36,37). The number of hydrogen-bond acceptors (Lipinski definition) is 8. The van der Waals surface area contributed by atoms with Crippen molar-refractivity contribution in [1.29, 1.82) is 5.26 Å². The molecule has 0 spiro atoms. The van der Waals surface area contributed by atoms with Crippen LogP contribution in [0.25, 0.3) is 0 Å². The van der Waals surface area contributed by atoms with Gasteiger partial charge in [0.1, 0.15) is 11.8 Å². The molecule has 1 aliphatic heterocycles. The number of anilines is 1. The second-order valence-electron chi connectivity index (χ2n) is 7.97. The van der Waals surface area contributed by atoms with Crippen LogP contribution in [0.1, 0.15) is 21.5 Å². The predicted octanol–water partition coefficient (Wildman–Crippen LogP) is 4.46. The number of pyridine rings is 1. The summed E-state index contributed by atoms with van der Waals surface area (Å²) in [6, 6.07) is 13.1. The number of carbonyl (C=O) groups excluding carboxylic acids is 2. The van der Waals surface area contributed by atoms with Gasteiger partial charge in [-0.1, -0.05) is 23.2 Å². The summed E-state index contributed by atoms with van der Waals surface area (Å²) in [7, 11) is 0. The fourth-order valence-electron chi connectivity index (χ4n) is 3.68. The van der Waals surface area contributed by atoms with Crippen LogP contribution in [0.3, 0.4) is 0 Å². The number of amides is 3. The number of hydrogen-bond donors (Lipinski definition) is 3. The normalized spacial score (nSPS) is 12.8. The second-order valence-corrected chi connectivity index (χ2v) is 8.78. The highest BCUT2D eigenvalue weighted by atomic mass is 35.5. The van der Waals surface area contributed by atoms with Crippen LogP contribution in [0.2, 0.25) is 10.0 Å². The zero-order chi connectivity index (χ0) is 27.2. The van der Waals surface area contributed by atoms with Crippen molar-refractivity contribution in [3.05, 3.63) is 81.6 Å². The van der Waals surface area contributed by atoms with Gasteiger partial charge in [0.05, 0.1) is 15.7 Å². The quantitative estimate of drug-likeness (QED) is 0.286. The molecule has 0 fully saturated rings. The highest BCUT2D eigenvalue weighted by molar-refractivity contribution is 6.46. The third-order valence-corrected chi connectivity index (χ3v) is 5.99. The Morgan fingerprint density at radius 3 is 2.53 bits per heavy atom. The van der Waals surface area contributed by atoms with Crippen LogP contribution in [-0.4, -0.2) is 45.2 Å². The smallest absolute Gasteiger partial charge is 0.411 e. The molecule has 0 saturated heterocycles. The molecule has 0 atom stereocenters. The molecular formula is C25H18Cl2N6O5. The van der Waals surface area contributed by atoms with E-state index < -0.39 is 17.7 Å². The van der Waals surface area contributed by atoms with Gasteiger partial charge in [0.25, 0.3) is 11.8 Å². The molecule has 38 heavy (non-hydrogen) atoms. The van der Waals surface area contributed by atoms with Crippen molar-refractivity contribution in [1.82, 2.24) is 15.2 Å². The van der Waals surface area contributed by atoms with E-state index in [1.807, 2.05) is 12.1 Å². The number of fused-ring (bicyclic) bond motifs is 1. The van der Waals surface area contributed by atoms with Gasteiger partial charge in [-0.15, -0.1) is 0 Å². The predicted molar refractivity (Wildman–Crippen MR) is 138 cm³/mol. The van der Waals surface area contributed by atoms with Crippen molar-refractivity contribution in [3.63, 3.8) is 0 Å². The summed E-state index contributed by atoms with van der Waals surface area (Å²) in [4.78, 5) is 41.0. The molecule has 192 valence electrons. The van der Waals surface area contributed by atoms with E-state index in [0.29, 0.717) is 30.8 Å². The van der Waals surface area contributed by atoms with E-state index >= 15 is 0 Å². The van der Waals surface area contributed by atoms with Gasteiger partial charge in [-0.05, 0) is 60.0 Å². The molecule has 1 aromatic heterocycles. The van der Waals surface area contributed by atoms with Crippen molar-refractivity contribution in [2.75, 3.05) is 12.0 Å². The zero-order valence-electron chi connectivity index (χ0n) is 19.4. The number of carboxylic acid groups (broad SMARTS) is 1. The Balaban J connectivity index is 1.47. The van der Waals surface area contributed by atoms with E-state index in [1.165, 1.54) is 23.5 Å². The molecule has 0 radical (unpaired) electrons. The van der Waals surface area contributed by atoms with Crippen molar-refractivity contribution in [2.24, 2.45) is 5.10 Å². The van der Waals surface area contributed by atoms with E-state index in [4.69, 9.17) is 38.3 Å². The van der Waals surface area contributed by atoms with Crippen molar-refractivity contribution >= 4 is 52.5 Å². The van der Waals surface area contributed by atoms with E-state index in [1.54, 1.807) is 35.5 Å². The molecule has 11 nitrogen and oxygen atoms in total. The third-order valence-electron chi connectivity index (χ3n) is 5.42. The van der Waals surface area contributed by atoms with Gasteiger partial charge < -0.3 is 14.7 Å². The molecule has 3 N–H and O–H groups in total. The summed E-state index contributed by atoms with van der Waals surface area (Å²) in [6.07, 6.45) is 2.40. The van der Waals surface area contributed by atoms with E-state index in [-0.39, 0.29) is 27.4 Å². The lowest BCUT2D eigenvalue weighted by Gasteiger charge is -2.29. The van der Waals surface area contributed by atoms with E-state index in [9.17, 15) is 14.4 Å². The molecule has 3 amide bonds. The number of nitrogens with one attached hydrogen (secondary N) is 2. The summed E-state index contributed by atoms with van der Waals surface area (Å²) >= 11 is 12.7. The van der Waals surface area contributed by atoms with Crippen molar-refractivity contribution in [2.45, 2.75) is 13.0 Å². The molecular weight excluding hydrogens is 535 g/mol. The van der Waals surface area contributed by atoms with Crippen LogP contribution in [0.15, 0.2) is 60.0 Å². The third kappa shape index (κ3) is 6.18. The van der Waals surface area contributed by atoms with Gasteiger partial charge in [-0.2, -0.15) is 10.4 Å². The first-order valence-electron chi connectivity index (χ1n) is 11.0. The Bertz CT molecular complexity index is 1470. The fraction of sp³-hybridized carbons (Fsp3) is 0.120. The lowest BCUT2D eigenvalue weighted by molar-refractivity contribution is -0.114. The first-order valence-corrected chi connectivity index (χ1v) is 11.8. The number of hydrazone groups is 1. The zero-order valence-corrected chi connectivity index (χ0v) is 21.0. The van der Waals surface area contributed by atoms with Crippen molar-refractivity contribution < 1.29 is 24.2 Å². The summed E-state index contributed by atoms with van der Waals surface area (Å²) < 4.78 is 5.91.